The Morgan fingerprint density at radius 2 is 1.66 bits per heavy atom. The molecule has 0 aliphatic heterocycles. The fourth-order valence-electron chi connectivity index (χ4n) is 3.88. The number of non-ortho nitro benzene ring substituents is 1. The molecule has 3 aromatic rings. The van der Waals surface area contributed by atoms with Gasteiger partial charge in [0, 0.05) is 35.3 Å². The van der Waals surface area contributed by atoms with Crippen LogP contribution in [0.15, 0.2) is 77.7 Å². The fourth-order valence-corrected chi connectivity index (χ4v) is 5.77. The number of nitrogens with zero attached hydrogens (tertiary/aromatic N) is 3. The third-order valence-electron chi connectivity index (χ3n) is 6.15. The topological polar surface area (TPSA) is 130 Å². The highest BCUT2D eigenvalue weighted by Gasteiger charge is 2.33. The molecule has 1 unspecified atom stereocenters. The Morgan fingerprint density at radius 3 is 2.27 bits per heavy atom. The predicted molar refractivity (Wildman–Crippen MR) is 158 cm³/mol. The molecule has 0 heterocycles. The number of rotatable bonds is 12. The van der Waals surface area contributed by atoms with E-state index >= 15 is 0 Å². The number of amides is 2. The fraction of sp³-hybridized carbons (Fsp3) is 0.286. The van der Waals surface area contributed by atoms with Crippen LogP contribution in [0.4, 0.5) is 11.4 Å². The van der Waals surface area contributed by atoms with Crippen LogP contribution in [-0.4, -0.2) is 49.2 Å². The van der Waals surface area contributed by atoms with E-state index in [0.29, 0.717) is 17.1 Å². The zero-order chi connectivity index (χ0) is 30.3. The van der Waals surface area contributed by atoms with Crippen LogP contribution in [0.5, 0.6) is 0 Å². The van der Waals surface area contributed by atoms with Gasteiger partial charge in [0.15, 0.2) is 0 Å². The summed E-state index contributed by atoms with van der Waals surface area (Å²) in [7, 11) is -4.36. The van der Waals surface area contributed by atoms with E-state index in [1.54, 1.807) is 18.2 Å². The third-order valence-corrected chi connectivity index (χ3v) is 8.52. The summed E-state index contributed by atoms with van der Waals surface area (Å²) in [4.78, 5) is 38.9. The van der Waals surface area contributed by atoms with Crippen LogP contribution in [0.3, 0.4) is 0 Å². The zero-order valence-electron chi connectivity index (χ0n) is 22.7. The second kappa shape index (κ2) is 13.8. The minimum atomic E-state index is -4.36. The first-order valence-corrected chi connectivity index (χ1v) is 14.8. The summed E-state index contributed by atoms with van der Waals surface area (Å²) in [6.45, 7) is 4.87. The van der Waals surface area contributed by atoms with Gasteiger partial charge in [-0.3, -0.25) is 24.0 Å². The van der Waals surface area contributed by atoms with Crippen LogP contribution in [0.1, 0.15) is 26.3 Å². The Morgan fingerprint density at radius 1 is 0.976 bits per heavy atom. The number of halogens is 2. The summed E-state index contributed by atoms with van der Waals surface area (Å²) in [6, 6.07) is 16.1. The number of sulfonamides is 1. The predicted octanol–water partition coefficient (Wildman–Crippen LogP) is 5.29. The molecule has 0 saturated heterocycles. The minimum absolute atomic E-state index is 0.0854. The van der Waals surface area contributed by atoms with Crippen molar-refractivity contribution in [2.24, 2.45) is 5.92 Å². The van der Waals surface area contributed by atoms with Gasteiger partial charge in [-0.1, -0.05) is 67.4 Å². The molecule has 0 fully saturated rings. The molecular formula is C28H30Cl2N4O6S. The molecule has 3 aromatic carbocycles. The maximum absolute atomic E-state index is 13.9. The lowest BCUT2D eigenvalue weighted by molar-refractivity contribution is -0.384. The van der Waals surface area contributed by atoms with Crippen molar-refractivity contribution >= 4 is 56.4 Å². The van der Waals surface area contributed by atoms with E-state index in [9.17, 15) is 28.1 Å². The molecule has 0 spiro atoms. The summed E-state index contributed by atoms with van der Waals surface area (Å²) in [6.07, 6.45) is 0. The van der Waals surface area contributed by atoms with Gasteiger partial charge in [0.2, 0.25) is 11.8 Å². The van der Waals surface area contributed by atoms with Crippen molar-refractivity contribution in [3.63, 3.8) is 0 Å². The number of nitrogens with one attached hydrogen (secondary N) is 1. The number of carbonyl (C=O) groups excluding carboxylic acids is 2. The van der Waals surface area contributed by atoms with Gasteiger partial charge in [-0.05, 0) is 48.7 Å². The van der Waals surface area contributed by atoms with Crippen LogP contribution < -0.4 is 9.62 Å². The van der Waals surface area contributed by atoms with E-state index in [0.717, 1.165) is 10.4 Å². The average molecular weight is 622 g/mol. The maximum Gasteiger partial charge on any atom is 0.271 e. The zero-order valence-corrected chi connectivity index (χ0v) is 25.0. The Kier molecular flexibility index (Phi) is 10.7. The van der Waals surface area contributed by atoms with Gasteiger partial charge < -0.3 is 10.2 Å². The Labute approximate surface area is 249 Å². The van der Waals surface area contributed by atoms with Gasteiger partial charge in [-0.15, -0.1) is 0 Å². The lowest BCUT2D eigenvalue weighted by Crippen LogP contribution is -2.51. The first-order chi connectivity index (χ1) is 19.3. The van der Waals surface area contributed by atoms with E-state index < -0.39 is 39.3 Å². The quantitative estimate of drug-likeness (QED) is 0.216. The average Bonchev–Trinajstić information content (AvgIpc) is 2.94. The van der Waals surface area contributed by atoms with Crippen molar-refractivity contribution in [1.29, 1.82) is 0 Å². The summed E-state index contributed by atoms with van der Waals surface area (Å²) in [5, 5.41) is 14.9. The second-order valence-electron chi connectivity index (χ2n) is 9.67. The van der Waals surface area contributed by atoms with Crippen molar-refractivity contribution in [2.75, 3.05) is 17.4 Å². The molecule has 0 aliphatic carbocycles. The van der Waals surface area contributed by atoms with Crippen LogP contribution in [-0.2, 0) is 26.2 Å². The first kappa shape index (κ1) is 31.9. The van der Waals surface area contributed by atoms with Gasteiger partial charge >= 0.3 is 0 Å². The second-order valence-corrected chi connectivity index (χ2v) is 12.4. The first-order valence-electron chi connectivity index (χ1n) is 12.6. The van der Waals surface area contributed by atoms with Crippen LogP contribution >= 0.6 is 23.2 Å². The minimum Gasteiger partial charge on any atom is -0.354 e. The van der Waals surface area contributed by atoms with E-state index in [1.165, 1.54) is 60.4 Å². The highest BCUT2D eigenvalue weighted by molar-refractivity contribution is 7.92. The van der Waals surface area contributed by atoms with Gasteiger partial charge in [-0.2, -0.15) is 0 Å². The van der Waals surface area contributed by atoms with E-state index in [2.05, 4.69) is 5.32 Å². The van der Waals surface area contributed by atoms with Gasteiger partial charge in [0.1, 0.15) is 12.6 Å². The number of nitro benzene ring substituents is 1. The highest BCUT2D eigenvalue weighted by Crippen LogP contribution is 2.28. The van der Waals surface area contributed by atoms with Crippen molar-refractivity contribution in [1.82, 2.24) is 10.2 Å². The SMILES string of the molecule is CC(C)CNC(=O)C(C)N(Cc1ccc(Cl)cc1Cl)C(=O)CN(c1cccc([N+](=O)[O-])c1)S(=O)(=O)c1ccccc1. The molecule has 13 heteroatoms. The van der Waals surface area contributed by atoms with Crippen molar-refractivity contribution in [3.05, 3.63) is 98.5 Å². The summed E-state index contributed by atoms with van der Waals surface area (Å²) >= 11 is 12.4. The molecule has 0 saturated carbocycles. The molecule has 218 valence electrons. The van der Waals surface area contributed by atoms with Gasteiger partial charge in [0.05, 0.1) is 15.5 Å². The largest absolute Gasteiger partial charge is 0.354 e. The monoisotopic (exact) mass is 620 g/mol. The number of benzene rings is 3. The lowest BCUT2D eigenvalue weighted by atomic mass is 10.1. The number of hydrogen-bond donors (Lipinski definition) is 1. The molecule has 2 amide bonds. The van der Waals surface area contributed by atoms with Crippen LogP contribution in [0.2, 0.25) is 10.0 Å². The van der Waals surface area contributed by atoms with E-state index in [-0.39, 0.29) is 33.8 Å². The van der Waals surface area contributed by atoms with Crippen molar-refractivity contribution in [2.45, 2.75) is 38.3 Å². The van der Waals surface area contributed by atoms with Gasteiger partial charge in [-0.25, -0.2) is 8.42 Å². The third kappa shape index (κ3) is 8.18. The molecule has 41 heavy (non-hydrogen) atoms. The molecule has 1 N–H and O–H groups in total. The van der Waals surface area contributed by atoms with E-state index in [4.69, 9.17) is 23.2 Å². The molecule has 10 nitrogen and oxygen atoms in total. The molecule has 0 aromatic heterocycles. The maximum atomic E-state index is 13.9. The standard InChI is InChI=1S/C28H30Cl2N4O6S/c1-19(2)16-31-28(36)20(3)32(17-21-12-13-22(29)14-26(21)30)27(35)18-33(23-8-7-9-24(15-23)34(37)38)41(39,40)25-10-5-4-6-11-25/h4-15,19-20H,16-18H2,1-3H3,(H,31,36). The molecule has 3 rings (SSSR count). The van der Waals surface area contributed by atoms with Crippen LogP contribution in [0.25, 0.3) is 0 Å². The molecule has 0 radical (unpaired) electrons. The summed E-state index contributed by atoms with van der Waals surface area (Å²) in [5.74, 6) is -1.01. The Bertz CT molecular complexity index is 1520. The van der Waals surface area contributed by atoms with Crippen molar-refractivity contribution < 1.29 is 22.9 Å². The summed E-state index contributed by atoms with van der Waals surface area (Å²) in [5.41, 5.74) is 0.0491. The van der Waals surface area contributed by atoms with Gasteiger partial charge in [0.25, 0.3) is 15.7 Å². The number of carbonyl (C=O) groups is 2. The normalized spacial score (nSPS) is 12.0. The smallest absolute Gasteiger partial charge is 0.271 e. The number of hydrogen-bond acceptors (Lipinski definition) is 6. The van der Waals surface area contributed by atoms with Crippen molar-refractivity contribution in [3.8, 4) is 0 Å². The molecule has 0 bridgehead atoms. The van der Waals surface area contributed by atoms with Crippen LogP contribution in [0, 0.1) is 16.0 Å². The Hall–Kier alpha value is -3.67. The summed E-state index contributed by atoms with van der Waals surface area (Å²) < 4.78 is 28.3. The lowest BCUT2D eigenvalue weighted by Gasteiger charge is -2.32. The number of anilines is 1. The Balaban J connectivity index is 2.07. The number of nitro groups is 1. The molecular weight excluding hydrogens is 591 g/mol. The molecule has 1 atom stereocenters. The highest BCUT2D eigenvalue weighted by atomic mass is 35.5. The van der Waals surface area contributed by atoms with E-state index in [1.807, 2.05) is 13.8 Å². The molecule has 0 aliphatic rings.